The summed E-state index contributed by atoms with van der Waals surface area (Å²) in [6.07, 6.45) is 1.30. The topological polar surface area (TPSA) is 101 Å². The molecule has 0 radical (unpaired) electrons. The third-order valence-corrected chi connectivity index (χ3v) is 3.07. The molecule has 0 spiro atoms. The van der Waals surface area contributed by atoms with Crippen molar-refractivity contribution in [2.75, 3.05) is 5.43 Å². The Morgan fingerprint density at radius 1 is 1.58 bits per heavy atom. The zero-order valence-corrected chi connectivity index (χ0v) is 10.7. The van der Waals surface area contributed by atoms with Crippen molar-refractivity contribution in [3.8, 4) is 5.75 Å². The molecule has 0 aliphatic carbocycles. The number of benzene rings is 1. The van der Waals surface area contributed by atoms with Crippen LogP contribution in [0.2, 0.25) is 0 Å². The van der Waals surface area contributed by atoms with Gasteiger partial charge in [-0.2, -0.15) is 5.10 Å². The van der Waals surface area contributed by atoms with E-state index in [-0.39, 0.29) is 17.0 Å². The minimum atomic E-state index is -0.533. The highest BCUT2D eigenvalue weighted by Gasteiger charge is 2.08. The lowest BCUT2D eigenvalue weighted by Gasteiger charge is -1.98. The lowest BCUT2D eigenvalue weighted by molar-refractivity contribution is -0.384. The van der Waals surface area contributed by atoms with Gasteiger partial charge in [-0.3, -0.25) is 15.5 Å². The van der Waals surface area contributed by atoms with Gasteiger partial charge in [-0.05, 0) is 13.0 Å². The molecule has 98 valence electrons. The number of phenolic OH excluding ortho intramolecular Hbond substituents is 1. The SMILES string of the molecule is Cc1csc(N/N=C\c2cc([N+](=O)[O-])ccc2O)n1. The van der Waals surface area contributed by atoms with Crippen LogP contribution in [0.1, 0.15) is 11.3 Å². The number of nitro benzene ring substituents is 1. The van der Waals surface area contributed by atoms with Crippen molar-refractivity contribution in [2.24, 2.45) is 5.10 Å². The summed E-state index contributed by atoms with van der Waals surface area (Å²) in [6, 6.07) is 3.73. The van der Waals surface area contributed by atoms with E-state index in [1.807, 2.05) is 12.3 Å². The number of phenols is 1. The van der Waals surface area contributed by atoms with Gasteiger partial charge in [-0.25, -0.2) is 4.98 Å². The van der Waals surface area contributed by atoms with Crippen LogP contribution in [0.15, 0.2) is 28.7 Å². The van der Waals surface area contributed by atoms with Gasteiger partial charge in [0, 0.05) is 23.1 Å². The highest BCUT2D eigenvalue weighted by atomic mass is 32.1. The summed E-state index contributed by atoms with van der Waals surface area (Å²) in [5, 5.41) is 26.5. The van der Waals surface area contributed by atoms with Crippen LogP contribution in [0.4, 0.5) is 10.8 Å². The molecule has 8 heteroatoms. The predicted molar refractivity (Wildman–Crippen MR) is 72.8 cm³/mol. The van der Waals surface area contributed by atoms with Crippen LogP contribution in [-0.2, 0) is 0 Å². The Labute approximate surface area is 112 Å². The normalized spacial score (nSPS) is 10.8. The molecule has 2 rings (SSSR count). The highest BCUT2D eigenvalue weighted by Crippen LogP contribution is 2.21. The zero-order valence-electron chi connectivity index (χ0n) is 9.90. The fourth-order valence-electron chi connectivity index (χ4n) is 1.32. The van der Waals surface area contributed by atoms with E-state index >= 15 is 0 Å². The van der Waals surface area contributed by atoms with Gasteiger partial charge in [0.25, 0.3) is 5.69 Å². The molecule has 0 aliphatic heterocycles. The average Bonchev–Trinajstić information content (AvgIpc) is 2.77. The average molecular weight is 278 g/mol. The van der Waals surface area contributed by atoms with Gasteiger partial charge < -0.3 is 5.11 Å². The van der Waals surface area contributed by atoms with E-state index in [4.69, 9.17) is 0 Å². The Kier molecular flexibility index (Phi) is 3.71. The summed E-state index contributed by atoms with van der Waals surface area (Å²) < 4.78 is 0. The second kappa shape index (κ2) is 5.44. The fraction of sp³-hybridized carbons (Fsp3) is 0.0909. The van der Waals surface area contributed by atoms with Crippen LogP contribution in [0.25, 0.3) is 0 Å². The smallest absolute Gasteiger partial charge is 0.270 e. The molecule has 1 aromatic heterocycles. The minimum absolute atomic E-state index is 0.0773. The molecule has 1 heterocycles. The van der Waals surface area contributed by atoms with Gasteiger partial charge in [-0.15, -0.1) is 11.3 Å². The molecule has 1 aromatic carbocycles. The van der Waals surface area contributed by atoms with Crippen LogP contribution in [0.3, 0.4) is 0 Å². The summed E-state index contributed by atoms with van der Waals surface area (Å²) in [7, 11) is 0. The first-order valence-electron chi connectivity index (χ1n) is 5.25. The minimum Gasteiger partial charge on any atom is -0.507 e. The van der Waals surface area contributed by atoms with E-state index < -0.39 is 4.92 Å². The quantitative estimate of drug-likeness (QED) is 0.508. The van der Waals surface area contributed by atoms with E-state index in [0.717, 1.165) is 5.69 Å². The first kappa shape index (κ1) is 13.0. The number of aromatic hydroxyl groups is 1. The lowest BCUT2D eigenvalue weighted by atomic mass is 10.2. The number of rotatable bonds is 4. The maximum atomic E-state index is 10.6. The lowest BCUT2D eigenvalue weighted by Crippen LogP contribution is -1.93. The second-order valence-corrected chi connectivity index (χ2v) is 4.52. The molecule has 0 bridgehead atoms. The molecule has 0 amide bonds. The maximum absolute atomic E-state index is 10.6. The van der Waals surface area contributed by atoms with Crippen molar-refractivity contribution in [2.45, 2.75) is 6.92 Å². The first-order chi connectivity index (χ1) is 9.06. The Morgan fingerprint density at radius 2 is 2.37 bits per heavy atom. The van der Waals surface area contributed by atoms with E-state index in [9.17, 15) is 15.2 Å². The third kappa shape index (κ3) is 3.26. The maximum Gasteiger partial charge on any atom is 0.270 e. The van der Waals surface area contributed by atoms with Crippen molar-refractivity contribution in [1.82, 2.24) is 4.98 Å². The van der Waals surface area contributed by atoms with Crippen LogP contribution in [0, 0.1) is 17.0 Å². The molecule has 0 aliphatic rings. The number of nitro groups is 1. The van der Waals surface area contributed by atoms with Gasteiger partial charge in [0.2, 0.25) is 5.13 Å². The number of hydrazone groups is 1. The Hall–Kier alpha value is -2.48. The largest absolute Gasteiger partial charge is 0.507 e. The number of anilines is 1. The van der Waals surface area contributed by atoms with E-state index in [2.05, 4.69) is 15.5 Å². The monoisotopic (exact) mass is 278 g/mol. The summed E-state index contributed by atoms with van der Waals surface area (Å²) in [4.78, 5) is 14.2. The van der Waals surface area contributed by atoms with Crippen molar-refractivity contribution in [1.29, 1.82) is 0 Å². The van der Waals surface area contributed by atoms with Crippen LogP contribution >= 0.6 is 11.3 Å². The molecule has 0 unspecified atom stereocenters. The summed E-state index contributed by atoms with van der Waals surface area (Å²) in [5.41, 5.74) is 3.71. The van der Waals surface area contributed by atoms with Crippen LogP contribution in [0.5, 0.6) is 5.75 Å². The second-order valence-electron chi connectivity index (χ2n) is 3.66. The number of thiazole rings is 1. The number of non-ortho nitro benzene ring substituents is 1. The molecular formula is C11H10N4O3S. The van der Waals surface area contributed by atoms with E-state index in [1.54, 1.807) is 0 Å². The van der Waals surface area contributed by atoms with Gasteiger partial charge in [0.1, 0.15) is 5.75 Å². The third-order valence-electron chi connectivity index (χ3n) is 2.20. The molecule has 0 saturated carbocycles. The van der Waals surface area contributed by atoms with Gasteiger partial charge >= 0.3 is 0 Å². The molecular weight excluding hydrogens is 268 g/mol. The van der Waals surface area contributed by atoms with Gasteiger partial charge in [-0.1, -0.05) is 0 Å². The molecule has 19 heavy (non-hydrogen) atoms. The van der Waals surface area contributed by atoms with Crippen molar-refractivity contribution in [3.63, 3.8) is 0 Å². The molecule has 7 nitrogen and oxygen atoms in total. The number of aryl methyl sites for hydroxylation is 1. The first-order valence-corrected chi connectivity index (χ1v) is 6.13. The van der Waals surface area contributed by atoms with Crippen molar-refractivity contribution < 1.29 is 10.0 Å². The van der Waals surface area contributed by atoms with E-state index in [0.29, 0.717) is 5.13 Å². The molecule has 0 saturated heterocycles. The highest BCUT2D eigenvalue weighted by molar-refractivity contribution is 7.13. The van der Waals surface area contributed by atoms with Gasteiger partial charge in [0.15, 0.2) is 0 Å². The number of aromatic nitrogens is 1. The number of nitrogens with zero attached hydrogens (tertiary/aromatic N) is 3. The Bertz CT molecular complexity index is 639. The Balaban J connectivity index is 2.13. The zero-order chi connectivity index (χ0) is 13.8. The predicted octanol–water partition coefficient (Wildman–Crippen LogP) is 2.51. The molecule has 2 aromatic rings. The summed E-state index contributed by atoms with van der Waals surface area (Å²) in [6.45, 7) is 1.86. The van der Waals surface area contributed by atoms with Crippen molar-refractivity contribution in [3.05, 3.63) is 45.0 Å². The molecule has 0 fully saturated rings. The van der Waals surface area contributed by atoms with Crippen LogP contribution < -0.4 is 5.43 Å². The standard InChI is InChI=1S/C11H10N4O3S/c1-7-6-19-11(13-7)14-12-5-8-4-9(15(17)18)2-3-10(8)16/h2-6,16H,1H3,(H,13,14)/b12-5-. The number of hydrogen-bond acceptors (Lipinski definition) is 7. The van der Waals surface area contributed by atoms with Crippen molar-refractivity contribution >= 4 is 28.4 Å². The summed E-state index contributed by atoms with van der Waals surface area (Å²) >= 11 is 1.39. The molecule has 2 N–H and O–H groups in total. The summed E-state index contributed by atoms with van der Waals surface area (Å²) in [5.74, 6) is -0.0773. The number of nitrogens with one attached hydrogen (secondary N) is 1. The van der Waals surface area contributed by atoms with Crippen LogP contribution in [-0.4, -0.2) is 21.2 Å². The fourth-order valence-corrected chi connectivity index (χ4v) is 1.96. The number of hydrogen-bond donors (Lipinski definition) is 2. The Morgan fingerprint density at radius 3 is 3.00 bits per heavy atom. The van der Waals surface area contributed by atoms with Gasteiger partial charge in [0.05, 0.1) is 16.8 Å². The molecule has 0 atom stereocenters. The van der Waals surface area contributed by atoms with E-state index in [1.165, 1.54) is 35.8 Å².